The molecule has 0 aliphatic carbocycles. The number of Topliss-reactive ketones (excluding diaryl/α,β-unsaturated/α-hetero) is 1. The molecule has 92 valence electrons. The molecule has 1 unspecified atom stereocenters. The lowest BCUT2D eigenvalue weighted by atomic mass is 9.97. The first-order valence-electron chi connectivity index (χ1n) is 6.16. The van der Waals surface area contributed by atoms with Gasteiger partial charge in [-0.15, -0.1) is 0 Å². The van der Waals surface area contributed by atoms with Crippen LogP contribution in [0.2, 0.25) is 0 Å². The van der Waals surface area contributed by atoms with E-state index < -0.39 is 0 Å². The molecule has 0 saturated heterocycles. The predicted octanol–water partition coefficient (Wildman–Crippen LogP) is 3.08. The third-order valence-corrected chi connectivity index (χ3v) is 3.09. The fourth-order valence-electron chi connectivity index (χ4n) is 1.79. The number of carbonyl (C=O) groups excluding carboxylic acids is 1. The number of rotatable bonds is 3. The van der Waals surface area contributed by atoms with Crippen molar-refractivity contribution in [1.29, 1.82) is 0 Å². The Labute approximate surface area is 102 Å². The summed E-state index contributed by atoms with van der Waals surface area (Å²) in [5.41, 5.74) is 0.712. The highest BCUT2D eigenvalue weighted by molar-refractivity contribution is 5.98. The number of carbonyl (C=O) groups is 1. The smallest absolute Gasteiger partial charge is 0.165 e. The average molecular weight is 234 g/mol. The molecule has 0 spiro atoms. The zero-order valence-electron chi connectivity index (χ0n) is 10.4. The quantitative estimate of drug-likeness (QED) is 0.754. The van der Waals surface area contributed by atoms with E-state index >= 15 is 0 Å². The maximum absolute atomic E-state index is 12.1. The van der Waals surface area contributed by atoms with Gasteiger partial charge in [-0.05, 0) is 24.6 Å². The third kappa shape index (κ3) is 2.60. The number of ether oxygens (including phenoxy) is 2. The molecule has 0 aromatic heterocycles. The van der Waals surface area contributed by atoms with Crippen molar-refractivity contribution >= 4 is 5.78 Å². The summed E-state index contributed by atoms with van der Waals surface area (Å²) in [6, 6.07) is 5.45. The molecule has 0 bridgehead atoms. The van der Waals surface area contributed by atoms with Crippen molar-refractivity contribution < 1.29 is 14.3 Å². The largest absolute Gasteiger partial charge is 0.490 e. The van der Waals surface area contributed by atoms with Gasteiger partial charge >= 0.3 is 0 Å². The summed E-state index contributed by atoms with van der Waals surface area (Å²) in [6.07, 6.45) is 1.73. The van der Waals surface area contributed by atoms with Crippen LogP contribution in [0.25, 0.3) is 0 Å². The first-order valence-corrected chi connectivity index (χ1v) is 6.16. The van der Waals surface area contributed by atoms with Crippen molar-refractivity contribution in [3.63, 3.8) is 0 Å². The van der Waals surface area contributed by atoms with Crippen molar-refractivity contribution in [1.82, 2.24) is 0 Å². The second kappa shape index (κ2) is 5.21. The van der Waals surface area contributed by atoms with Gasteiger partial charge in [-0.3, -0.25) is 4.79 Å². The van der Waals surface area contributed by atoms with Crippen LogP contribution in [0.5, 0.6) is 11.5 Å². The third-order valence-electron chi connectivity index (χ3n) is 3.09. The molecule has 1 heterocycles. The molecule has 2 rings (SSSR count). The summed E-state index contributed by atoms with van der Waals surface area (Å²) in [5.74, 6) is 1.66. The molecule has 1 aromatic carbocycles. The van der Waals surface area contributed by atoms with Crippen LogP contribution in [-0.4, -0.2) is 19.0 Å². The summed E-state index contributed by atoms with van der Waals surface area (Å²) in [4.78, 5) is 12.1. The Bertz CT molecular complexity index is 412. The second-order valence-corrected chi connectivity index (χ2v) is 4.39. The first-order chi connectivity index (χ1) is 8.22. The molecule has 1 aliphatic heterocycles. The van der Waals surface area contributed by atoms with E-state index in [2.05, 4.69) is 0 Å². The van der Waals surface area contributed by atoms with Gasteiger partial charge in [0.15, 0.2) is 17.3 Å². The van der Waals surface area contributed by atoms with Crippen molar-refractivity contribution in [2.24, 2.45) is 5.92 Å². The Morgan fingerprint density at radius 1 is 1.29 bits per heavy atom. The Balaban J connectivity index is 2.26. The van der Waals surface area contributed by atoms with E-state index in [1.165, 1.54) is 0 Å². The number of ketones is 1. The van der Waals surface area contributed by atoms with Crippen LogP contribution in [0.15, 0.2) is 18.2 Å². The molecular formula is C14H18O3. The second-order valence-electron chi connectivity index (χ2n) is 4.39. The molecule has 1 aliphatic rings. The molecule has 0 radical (unpaired) electrons. The number of hydrogen-bond acceptors (Lipinski definition) is 3. The Morgan fingerprint density at radius 3 is 2.71 bits per heavy atom. The van der Waals surface area contributed by atoms with Crippen molar-refractivity contribution in [3.05, 3.63) is 23.8 Å². The van der Waals surface area contributed by atoms with Crippen molar-refractivity contribution in [3.8, 4) is 11.5 Å². The molecule has 0 amide bonds. The van der Waals surface area contributed by atoms with E-state index in [0.717, 1.165) is 18.6 Å². The Morgan fingerprint density at radius 2 is 2.00 bits per heavy atom. The lowest BCUT2D eigenvalue weighted by Crippen LogP contribution is -2.10. The van der Waals surface area contributed by atoms with Gasteiger partial charge in [0.1, 0.15) is 0 Å². The summed E-state index contributed by atoms with van der Waals surface area (Å²) in [6.45, 7) is 5.29. The highest BCUT2D eigenvalue weighted by Gasteiger charge is 2.17. The van der Waals surface area contributed by atoms with Crippen LogP contribution in [0.4, 0.5) is 0 Å². The molecule has 0 N–H and O–H groups in total. The van der Waals surface area contributed by atoms with Crippen molar-refractivity contribution in [2.45, 2.75) is 26.7 Å². The molecular weight excluding hydrogens is 216 g/mol. The van der Waals surface area contributed by atoms with Crippen LogP contribution in [0, 0.1) is 5.92 Å². The fraction of sp³-hybridized carbons (Fsp3) is 0.500. The van der Waals surface area contributed by atoms with Crippen LogP contribution in [0.3, 0.4) is 0 Å². The average Bonchev–Trinajstić information content (AvgIpc) is 2.61. The summed E-state index contributed by atoms with van der Waals surface area (Å²) < 4.78 is 11.1. The van der Waals surface area contributed by atoms with E-state index in [0.29, 0.717) is 24.5 Å². The van der Waals surface area contributed by atoms with Gasteiger partial charge in [0.05, 0.1) is 13.2 Å². The zero-order valence-corrected chi connectivity index (χ0v) is 10.4. The standard InChI is InChI=1S/C14H18O3/c1-3-10(2)14(15)11-5-6-12-13(9-11)17-8-4-7-16-12/h5-6,9-10H,3-4,7-8H2,1-2H3. The molecule has 3 nitrogen and oxygen atoms in total. The highest BCUT2D eigenvalue weighted by atomic mass is 16.5. The van der Waals surface area contributed by atoms with Gasteiger partial charge in [0, 0.05) is 17.9 Å². The minimum Gasteiger partial charge on any atom is -0.490 e. The SMILES string of the molecule is CCC(C)C(=O)c1ccc2c(c1)OCCCO2. The Hall–Kier alpha value is -1.51. The molecule has 17 heavy (non-hydrogen) atoms. The van der Waals surface area contributed by atoms with Crippen LogP contribution >= 0.6 is 0 Å². The minimum absolute atomic E-state index is 0.0553. The van der Waals surface area contributed by atoms with Gasteiger partial charge in [-0.1, -0.05) is 13.8 Å². The van der Waals surface area contributed by atoms with Gasteiger partial charge in [0.25, 0.3) is 0 Å². The lowest BCUT2D eigenvalue weighted by Gasteiger charge is -2.11. The summed E-state index contributed by atoms with van der Waals surface area (Å²) in [7, 11) is 0. The maximum Gasteiger partial charge on any atom is 0.165 e. The number of benzene rings is 1. The van der Waals surface area contributed by atoms with E-state index in [1.54, 1.807) is 6.07 Å². The first kappa shape index (κ1) is 12.0. The molecule has 1 aromatic rings. The molecule has 0 fully saturated rings. The summed E-state index contributed by atoms with van der Waals surface area (Å²) in [5, 5.41) is 0. The fourth-order valence-corrected chi connectivity index (χ4v) is 1.79. The van der Waals surface area contributed by atoms with E-state index in [4.69, 9.17) is 9.47 Å². The number of fused-ring (bicyclic) bond motifs is 1. The van der Waals surface area contributed by atoms with E-state index in [-0.39, 0.29) is 11.7 Å². The predicted molar refractivity (Wildman–Crippen MR) is 65.8 cm³/mol. The molecule has 0 saturated carbocycles. The van der Waals surface area contributed by atoms with Gasteiger partial charge in [-0.25, -0.2) is 0 Å². The minimum atomic E-state index is 0.0553. The highest BCUT2D eigenvalue weighted by Crippen LogP contribution is 2.31. The normalized spacial score (nSPS) is 16.1. The summed E-state index contributed by atoms with van der Waals surface area (Å²) >= 11 is 0. The van der Waals surface area contributed by atoms with Crippen LogP contribution in [0.1, 0.15) is 37.0 Å². The van der Waals surface area contributed by atoms with Gasteiger partial charge < -0.3 is 9.47 Å². The maximum atomic E-state index is 12.1. The van der Waals surface area contributed by atoms with Crippen LogP contribution < -0.4 is 9.47 Å². The Kier molecular flexibility index (Phi) is 3.67. The van der Waals surface area contributed by atoms with E-state index in [9.17, 15) is 4.79 Å². The topological polar surface area (TPSA) is 35.5 Å². The van der Waals surface area contributed by atoms with E-state index in [1.807, 2.05) is 26.0 Å². The van der Waals surface area contributed by atoms with Crippen LogP contribution in [-0.2, 0) is 0 Å². The monoisotopic (exact) mass is 234 g/mol. The van der Waals surface area contributed by atoms with Gasteiger partial charge in [0.2, 0.25) is 0 Å². The number of hydrogen-bond donors (Lipinski definition) is 0. The molecule has 1 atom stereocenters. The lowest BCUT2D eigenvalue weighted by molar-refractivity contribution is 0.0927. The zero-order chi connectivity index (χ0) is 12.3. The van der Waals surface area contributed by atoms with Crippen molar-refractivity contribution in [2.75, 3.05) is 13.2 Å². The molecule has 3 heteroatoms. The van der Waals surface area contributed by atoms with Gasteiger partial charge in [-0.2, -0.15) is 0 Å².